The van der Waals surface area contributed by atoms with Crippen LogP contribution in [-0.2, 0) is 12.6 Å². The van der Waals surface area contributed by atoms with Crippen LogP contribution in [0.5, 0.6) is 0 Å². The molecule has 1 aromatic rings. The number of rotatable bonds is 2. The number of nitrogens with zero attached hydrogens (tertiary/aromatic N) is 4. The number of hydrogen-bond acceptors (Lipinski definition) is 4. The molecule has 0 spiro atoms. The first-order valence-corrected chi connectivity index (χ1v) is 7.54. The molecule has 0 N–H and O–H groups in total. The SMILES string of the molecule is CCN1CCN(C2Cc3ccc(C(F)(F)F)nc3C=N2)CC1. The largest absolute Gasteiger partial charge is 0.433 e. The maximum atomic E-state index is 12.7. The van der Waals surface area contributed by atoms with Gasteiger partial charge in [0.2, 0.25) is 0 Å². The average molecular weight is 312 g/mol. The van der Waals surface area contributed by atoms with E-state index in [0.29, 0.717) is 12.1 Å². The third-order valence-electron chi connectivity index (χ3n) is 4.35. The zero-order valence-corrected chi connectivity index (χ0v) is 12.5. The van der Waals surface area contributed by atoms with Crippen molar-refractivity contribution in [3.8, 4) is 0 Å². The van der Waals surface area contributed by atoms with Crippen molar-refractivity contribution in [1.82, 2.24) is 14.8 Å². The summed E-state index contributed by atoms with van der Waals surface area (Å²) in [5.74, 6) is 0. The second-order valence-corrected chi connectivity index (χ2v) is 5.67. The van der Waals surface area contributed by atoms with Gasteiger partial charge in [-0.25, -0.2) is 4.98 Å². The molecule has 0 radical (unpaired) electrons. The predicted molar refractivity (Wildman–Crippen MR) is 78.0 cm³/mol. The van der Waals surface area contributed by atoms with Crippen LogP contribution >= 0.6 is 0 Å². The fourth-order valence-corrected chi connectivity index (χ4v) is 2.95. The number of halogens is 3. The van der Waals surface area contributed by atoms with Gasteiger partial charge in [0.05, 0.1) is 5.69 Å². The summed E-state index contributed by atoms with van der Waals surface area (Å²) < 4.78 is 38.0. The summed E-state index contributed by atoms with van der Waals surface area (Å²) in [7, 11) is 0. The van der Waals surface area contributed by atoms with Gasteiger partial charge in [0, 0.05) is 38.8 Å². The predicted octanol–water partition coefficient (Wildman–Crippen LogP) is 2.04. The maximum Gasteiger partial charge on any atom is 0.433 e. The van der Waals surface area contributed by atoms with E-state index in [4.69, 9.17) is 0 Å². The molecule has 2 aliphatic rings. The van der Waals surface area contributed by atoms with E-state index < -0.39 is 11.9 Å². The third-order valence-corrected chi connectivity index (χ3v) is 4.35. The van der Waals surface area contributed by atoms with E-state index >= 15 is 0 Å². The van der Waals surface area contributed by atoms with Gasteiger partial charge in [0.25, 0.3) is 0 Å². The monoisotopic (exact) mass is 312 g/mol. The van der Waals surface area contributed by atoms with Gasteiger partial charge in [0.1, 0.15) is 11.9 Å². The lowest BCUT2D eigenvalue weighted by molar-refractivity contribution is -0.141. The highest BCUT2D eigenvalue weighted by Gasteiger charge is 2.34. The van der Waals surface area contributed by atoms with Gasteiger partial charge in [-0.1, -0.05) is 13.0 Å². The van der Waals surface area contributed by atoms with E-state index in [0.717, 1.165) is 44.4 Å². The number of pyridine rings is 1. The number of piperazine rings is 1. The lowest BCUT2D eigenvalue weighted by Gasteiger charge is -2.38. The summed E-state index contributed by atoms with van der Waals surface area (Å²) in [6.45, 7) is 7.11. The summed E-state index contributed by atoms with van der Waals surface area (Å²) in [6, 6.07) is 2.59. The van der Waals surface area contributed by atoms with Crippen LogP contribution in [0, 0.1) is 0 Å². The fourth-order valence-electron chi connectivity index (χ4n) is 2.95. The molecule has 1 fully saturated rings. The standard InChI is InChI=1S/C15H19F3N4/c1-2-21-5-7-22(8-6-21)14-9-11-3-4-13(15(16,17)18)20-12(11)10-19-14/h3-4,10,14H,2,5-9H2,1H3. The minimum atomic E-state index is -4.41. The molecule has 0 bridgehead atoms. The normalized spacial score (nSPS) is 23.5. The van der Waals surface area contributed by atoms with Crippen molar-refractivity contribution in [2.45, 2.75) is 25.7 Å². The van der Waals surface area contributed by atoms with Crippen LogP contribution in [0.15, 0.2) is 17.1 Å². The van der Waals surface area contributed by atoms with Crippen LogP contribution in [0.3, 0.4) is 0 Å². The van der Waals surface area contributed by atoms with E-state index in [-0.39, 0.29) is 6.17 Å². The van der Waals surface area contributed by atoms with Gasteiger partial charge in [-0.3, -0.25) is 9.89 Å². The summed E-state index contributed by atoms with van der Waals surface area (Å²) in [4.78, 5) is 12.8. The Morgan fingerprint density at radius 1 is 1.18 bits per heavy atom. The summed E-state index contributed by atoms with van der Waals surface area (Å²) >= 11 is 0. The molecule has 4 nitrogen and oxygen atoms in total. The number of hydrogen-bond donors (Lipinski definition) is 0. The van der Waals surface area contributed by atoms with E-state index in [1.807, 2.05) is 0 Å². The smallest absolute Gasteiger partial charge is 0.301 e. The van der Waals surface area contributed by atoms with Gasteiger partial charge in [0.15, 0.2) is 0 Å². The van der Waals surface area contributed by atoms with Crippen LogP contribution in [0.25, 0.3) is 0 Å². The van der Waals surface area contributed by atoms with Crippen LogP contribution < -0.4 is 0 Å². The lowest BCUT2D eigenvalue weighted by atomic mass is 10.0. The molecular weight excluding hydrogens is 293 g/mol. The van der Waals surface area contributed by atoms with Gasteiger partial charge in [-0.05, 0) is 18.2 Å². The number of aliphatic imine (C=N–C) groups is 1. The van der Waals surface area contributed by atoms with Crippen molar-refractivity contribution in [3.63, 3.8) is 0 Å². The van der Waals surface area contributed by atoms with Crippen LogP contribution in [-0.4, -0.2) is 59.9 Å². The zero-order valence-electron chi connectivity index (χ0n) is 12.5. The molecule has 0 amide bonds. The van der Waals surface area contributed by atoms with E-state index in [2.05, 4.69) is 26.7 Å². The molecule has 7 heteroatoms. The van der Waals surface area contributed by atoms with Crippen molar-refractivity contribution in [2.24, 2.45) is 4.99 Å². The molecular formula is C15H19F3N4. The molecule has 2 aliphatic heterocycles. The minimum Gasteiger partial charge on any atom is -0.301 e. The van der Waals surface area contributed by atoms with Crippen molar-refractivity contribution in [1.29, 1.82) is 0 Å². The highest BCUT2D eigenvalue weighted by Crippen LogP contribution is 2.29. The topological polar surface area (TPSA) is 31.7 Å². The average Bonchev–Trinajstić information content (AvgIpc) is 2.53. The molecule has 3 rings (SSSR count). The Labute approximate surface area is 127 Å². The Hall–Kier alpha value is -1.47. The lowest BCUT2D eigenvalue weighted by Crippen LogP contribution is -2.50. The van der Waals surface area contributed by atoms with Crippen LogP contribution in [0.2, 0.25) is 0 Å². The molecule has 0 aliphatic carbocycles. The second kappa shape index (κ2) is 5.96. The van der Waals surface area contributed by atoms with Gasteiger partial charge < -0.3 is 4.90 Å². The summed E-state index contributed by atoms with van der Waals surface area (Å²) in [5, 5.41) is 0. The molecule has 1 aromatic heterocycles. The number of alkyl halides is 3. The first-order chi connectivity index (χ1) is 10.5. The van der Waals surface area contributed by atoms with Crippen LogP contribution in [0.1, 0.15) is 23.9 Å². The highest BCUT2D eigenvalue weighted by molar-refractivity contribution is 5.80. The molecule has 120 valence electrons. The molecule has 22 heavy (non-hydrogen) atoms. The second-order valence-electron chi connectivity index (χ2n) is 5.67. The van der Waals surface area contributed by atoms with Gasteiger partial charge in [-0.2, -0.15) is 13.2 Å². The maximum absolute atomic E-state index is 12.7. The summed E-state index contributed by atoms with van der Waals surface area (Å²) in [5.41, 5.74) is 0.330. The van der Waals surface area contributed by atoms with E-state index in [1.165, 1.54) is 12.3 Å². The van der Waals surface area contributed by atoms with Crippen molar-refractivity contribution < 1.29 is 13.2 Å². The minimum absolute atomic E-state index is 0.0186. The Morgan fingerprint density at radius 2 is 1.91 bits per heavy atom. The van der Waals surface area contributed by atoms with Crippen LogP contribution in [0.4, 0.5) is 13.2 Å². The van der Waals surface area contributed by atoms with Crippen molar-refractivity contribution in [3.05, 3.63) is 29.1 Å². The fraction of sp³-hybridized carbons (Fsp3) is 0.600. The van der Waals surface area contributed by atoms with Crippen molar-refractivity contribution >= 4 is 6.21 Å². The quantitative estimate of drug-likeness (QED) is 0.837. The molecule has 1 unspecified atom stereocenters. The first kappa shape index (κ1) is 15.4. The van der Waals surface area contributed by atoms with Crippen molar-refractivity contribution in [2.75, 3.05) is 32.7 Å². The number of likely N-dealkylation sites (N-methyl/N-ethyl adjacent to an activating group) is 1. The third kappa shape index (κ3) is 3.15. The number of aromatic nitrogens is 1. The molecule has 1 saturated heterocycles. The molecule has 0 aromatic carbocycles. The Kier molecular flexibility index (Phi) is 4.18. The summed E-state index contributed by atoms with van der Waals surface area (Å²) in [6.07, 6.45) is -2.27. The Morgan fingerprint density at radius 3 is 2.55 bits per heavy atom. The zero-order chi connectivity index (χ0) is 15.7. The Bertz CT molecular complexity index is 562. The molecule has 3 heterocycles. The van der Waals surface area contributed by atoms with E-state index in [1.54, 1.807) is 0 Å². The highest BCUT2D eigenvalue weighted by atomic mass is 19.4. The molecule has 1 atom stereocenters. The Balaban J connectivity index is 1.71. The first-order valence-electron chi connectivity index (χ1n) is 7.54. The van der Waals surface area contributed by atoms with Gasteiger partial charge >= 0.3 is 6.18 Å². The number of fused-ring (bicyclic) bond motifs is 1. The van der Waals surface area contributed by atoms with E-state index in [9.17, 15) is 13.2 Å². The van der Waals surface area contributed by atoms with Gasteiger partial charge in [-0.15, -0.1) is 0 Å². The molecule has 0 saturated carbocycles.